The maximum absolute atomic E-state index is 13.5. The minimum Gasteiger partial charge on any atom is -0.394 e. The number of hydrogen-bond acceptors (Lipinski definition) is 13. The van der Waals surface area contributed by atoms with E-state index in [0.29, 0.717) is 19.3 Å². The number of hydrogen-bond donors (Lipinski definition) is 9. The van der Waals surface area contributed by atoms with Crippen molar-refractivity contribution in [1.82, 2.24) is 5.32 Å². The molecule has 362 valence electrons. The molecule has 0 saturated carbocycles. The van der Waals surface area contributed by atoms with Gasteiger partial charge in [0.25, 0.3) is 0 Å². The van der Waals surface area contributed by atoms with Gasteiger partial charge >= 0.3 is 0 Å². The van der Waals surface area contributed by atoms with Crippen LogP contribution in [0.2, 0.25) is 0 Å². The number of carbonyl (C=O) groups is 1. The van der Waals surface area contributed by atoms with Crippen molar-refractivity contribution in [1.29, 1.82) is 0 Å². The molecule has 14 heteroatoms. The average Bonchev–Trinajstić information content (AvgIpc) is 3.26. The third kappa shape index (κ3) is 23.1. The van der Waals surface area contributed by atoms with Gasteiger partial charge in [0, 0.05) is 6.42 Å². The van der Waals surface area contributed by atoms with Gasteiger partial charge in [-0.05, 0) is 12.8 Å². The van der Waals surface area contributed by atoms with Gasteiger partial charge in [-0.2, -0.15) is 0 Å². The van der Waals surface area contributed by atoms with E-state index in [1.165, 1.54) is 116 Å². The van der Waals surface area contributed by atoms with E-state index in [1.807, 2.05) is 0 Å². The molecule has 0 aromatic carbocycles. The molecule has 61 heavy (non-hydrogen) atoms. The minimum absolute atomic E-state index is 0.250. The van der Waals surface area contributed by atoms with Crippen LogP contribution in [0.3, 0.4) is 0 Å². The molecule has 12 atom stereocenters. The predicted octanol–water partition coefficient (Wildman–Crippen LogP) is 5.83. The number of carbonyl (C=O) groups excluding carboxylic acids is 1. The first-order valence-corrected chi connectivity index (χ1v) is 24.8. The molecule has 0 unspecified atom stereocenters. The maximum Gasteiger partial charge on any atom is 0.220 e. The van der Waals surface area contributed by atoms with Crippen LogP contribution in [0.4, 0.5) is 0 Å². The smallest absolute Gasteiger partial charge is 0.220 e. The molecule has 0 aromatic rings. The fourth-order valence-electron chi connectivity index (χ4n) is 8.48. The maximum atomic E-state index is 13.5. The molecule has 2 aliphatic heterocycles. The molecule has 14 nitrogen and oxygen atoms in total. The number of amides is 1. The fourth-order valence-corrected chi connectivity index (χ4v) is 8.48. The molecule has 0 bridgehead atoms. The Morgan fingerprint density at radius 1 is 0.492 bits per heavy atom. The molecule has 9 N–H and O–H groups in total. The van der Waals surface area contributed by atoms with E-state index < -0.39 is 86.8 Å². The number of nitrogens with one attached hydrogen (secondary N) is 1. The molecule has 0 aromatic heterocycles. The molecule has 2 aliphatic rings. The Balaban J connectivity index is 2.02. The van der Waals surface area contributed by atoms with Crippen LogP contribution in [-0.4, -0.2) is 140 Å². The number of rotatable bonds is 38. The van der Waals surface area contributed by atoms with E-state index in [0.717, 1.165) is 44.9 Å². The van der Waals surface area contributed by atoms with Crippen LogP contribution >= 0.6 is 0 Å². The Hall–Kier alpha value is -1.01. The highest BCUT2D eigenvalue weighted by Gasteiger charge is 2.47. The van der Waals surface area contributed by atoms with Crippen molar-refractivity contribution in [2.24, 2.45) is 0 Å². The summed E-state index contributed by atoms with van der Waals surface area (Å²) in [7, 11) is 0. The molecule has 2 saturated heterocycles. The van der Waals surface area contributed by atoms with E-state index in [2.05, 4.69) is 19.2 Å². The lowest BCUT2D eigenvalue weighted by Crippen LogP contribution is -2.61. The lowest BCUT2D eigenvalue weighted by molar-refractivity contribution is -0.319. The zero-order chi connectivity index (χ0) is 44.7. The Bertz CT molecular complexity index is 1040. The van der Waals surface area contributed by atoms with Crippen molar-refractivity contribution in [3.8, 4) is 0 Å². The van der Waals surface area contributed by atoms with Gasteiger partial charge in [0.1, 0.15) is 48.8 Å². The highest BCUT2D eigenvalue weighted by molar-refractivity contribution is 5.76. The van der Waals surface area contributed by atoms with Gasteiger partial charge < -0.3 is 65.1 Å². The van der Waals surface area contributed by atoms with Crippen molar-refractivity contribution in [3.63, 3.8) is 0 Å². The van der Waals surface area contributed by atoms with Crippen LogP contribution in [0.5, 0.6) is 0 Å². The molecule has 2 heterocycles. The van der Waals surface area contributed by atoms with E-state index in [4.69, 9.17) is 18.9 Å². The molecule has 1 amide bonds. The van der Waals surface area contributed by atoms with E-state index in [9.17, 15) is 45.6 Å². The van der Waals surface area contributed by atoms with Crippen molar-refractivity contribution >= 4 is 5.91 Å². The second-order valence-corrected chi connectivity index (χ2v) is 18.0. The minimum atomic E-state index is -1.66. The molecule has 2 rings (SSSR count). The van der Waals surface area contributed by atoms with Crippen LogP contribution in [0, 0.1) is 0 Å². The van der Waals surface area contributed by atoms with Crippen LogP contribution < -0.4 is 5.32 Å². The second kappa shape index (κ2) is 35.3. The third-order valence-electron chi connectivity index (χ3n) is 12.6. The summed E-state index contributed by atoms with van der Waals surface area (Å²) in [6.07, 6.45) is 16.5. The standard InChI is InChI=1S/C47H91NO13/c1-3-5-7-9-11-13-15-17-18-19-21-23-25-27-29-31-39(51)48-35(34-58-46-44(56)42(54)40(52)37(32-49)60-46)36(59-47-45(57)43(55)41(53)38(33-50)61-47)30-28-26-24-22-20-16-14-12-10-8-6-4-2/h35-38,40-47,49-50,52-57H,3-34H2,1-2H3,(H,48,51)/t35-,36+,37+,38+,40-,41-,42-,43-,44+,45+,46-,47-/m0/s1. The van der Waals surface area contributed by atoms with Crippen molar-refractivity contribution in [2.45, 2.75) is 274 Å². The zero-order valence-corrected chi connectivity index (χ0v) is 38.2. The molecule has 0 radical (unpaired) electrons. The summed E-state index contributed by atoms with van der Waals surface area (Å²) in [5, 5.41) is 85.8. The SMILES string of the molecule is CCCCCCCCCCCCCCCCCC(=O)N[C@@H](CO[C@H]1O[C@H](CO)[C@H](O)[C@H](O)[C@H]1O)[C@@H](CCCCCCCCCCCCCC)O[C@H]1O[C@H](CO)[C@H](O)[C@H](O)[C@H]1O. The van der Waals surface area contributed by atoms with Crippen molar-refractivity contribution in [3.05, 3.63) is 0 Å². The van der Waals surface area contributed by atoms with Gasteiger partial charge in [-0.15, -0.1) is 0 Å². The fraction of sp³-hybridized carbons (Fsp3) is 0.979. The first-order valence-electron chi connectivity index (χ1n) is 24.8. The Kier molecular flexibility index (Phi) is 32.5. The third-order valence-corrected chi connectivity index (χ3v) is 12.6. The Morgan fingerprint density at radius 3 is 1.26 bits per heavy atom. The number of ether oxygens (including phenoxy) is 4. The normalized spacial score (nSPS) is 27.9. The lowest BCUT2D eigenvalue weighted by atomic mass is 9.98. The monoisotopic (exact) mass is 878 g/mol. The first-order chi connectivity index (χ1) is 29.6. The van der Waals surface area contributed by atoms with Gasteiger partial charge in [-0.3, -0.25) is 4.79 Å². The molecule has 0 aliphatic carbocycles. The number of unbranched alkanes of at least 4 members (excludes halogenated alkanes) is 25. The summed E-state index contributed by atoms with van der Waals surface area (Å²) in [4.78, 5) is 13.5. The molecular weight excluding hydrogens is 787 g/mol. The summed E-state index contributed by atoms with van der Waals surface area (Å²) in [6.45, 7) is 2.92. The molecule has 2 fully saturated rings. The van der Waals surface area contributed by atoms with E-state index in [1.54, 1.807) is 0 Å². The summed E-state index contributed by atoms with van der Waals surface area (Å²) in [5.41, 5.74) is 0. The zero-order valence-electron chi connectivity index (χ0n) is 38.2. The van der Waals surface area contributed by atoms with E-state index >= 15 is 0 Å². The highest BCUT2D eigenvalue weighted by Crippen LogP contribution is 2.27. The van der Waals surface area contributed by atoms with Gasteiger partial charge in [-0.1, -0.05) is 181 Å². The predicted molar refractivity (Wildman–Crippen MR) is 236 cm³/mol. The quantitative estimate of drug-likeness (QED) is 0.0334. The van der Waals surface area contributed by atoms with Crippen molar-refractivity contribution < 1.29 is 64.6 Å². The first kappa shape index (κ1) is 56.1. The molecule has 0 spiro atoms. The Labute approximate surface area is 368 Å². The lowest BCUT2D eigenvalue weighted by Gasteiger charge is -2.42. The van der Waals surface area contributed by atoms with Crippen LogP contribution in [0.25, 0.3) is 0 Å². The van der Waals surface area contributed by atoms with Crippen LogP contribution in [-0.2, 0) is 23.7 Å². The summed E-state index contributed by atoms with van der Waals surface area (Å²) in [6, 6.07) is -0.892. The molecular formula is C47H91NO13. The number of aliphatic hydroxyl groups excluding tert-OH is 8. The second-order valence-electron chi connectivity index (χ2n) is 18.0. The van der Waals surface area contributed by atoms with Crippen LogP contribution in [0.15, 0.2) is 0 Å². The highest BCUT2D eigenvalue weighted by atomic mass is 16.7. The summed E-state index contributed by atoms with van der Waals surface area (Å²) >= 11 is 0. The van der Waals surface area contributed by atoms with Gasteiger partial charge in [-0.25, -0.2) is 0 Å². The largest absolute Gasteiger partial charge is 0.394 e. The topological polar surface area (TPSA) is 228 Å². The van der Waals surface area contributed by atoms with Gasteiger partial charge in [0.15, 0.2) is 12.6 Å². The van der Waals surface area contributed by atoms with Crippen molar-refractivity contribution in [2.75, 3.05) is 19.8 Å². The summed E-state index contributed by atoms with van der Waals surface area (Å²) < 4.78 is 23.6. The van der Waals surface area contributed by atoms with Gasteiger partial charge in [0.05, 0.1) is 32.0 Å². The van der Waals surface area contributed by atoms with E-state index in [-0.39, 0.29) is 18.9 Å². The Morgan fingerprint density at radius 2 is 0.852 bits per heavy atom. The van der Waals surface area contributed by atoms with Crippen LogP contribution in [0.1, 0.15) is 200 Å². The average molecular weight is 878 g/mol. The number of aliphatic hydroxyl groups is 8. The summed E-state index contributed by atoms with van der Waals surface area (Å²) in [5.74, 6) is -0.255. The van der Waals surface area contributed by atoms with Gasteiger partial charge in [0.2, 0.25) is 5.91 Å².